The van der Waals surface area contributed by atoms with E-state index in [9.17, 15) is 4.79 Å². The zero-order chi connectivity index (χ0) is 18.8. The Balaban J connectivity index is 1.87. The number of carbonyl (C=O) groups is 1. The van der Waals surface area contributed by atoms with Crippen molar-refractivity contribution in [3.05, 3.63) is 36.4 Å². The van der Waals surface area contributed by atoms with Gasteiger partial charge in [-0.15, -0.1) is 6.58 Å². The van der Waals surface area contributed by atoms with Crippen LogP contribution >= 0.6 is 0 Å². The van der Waals surface area contributed by atoms with E-state index in [0.29, 0.717) is 24.7 Å². The highest BCUT2D eigenvalue weighted by molar-refractivity contribution is 5.77. The molecule has 1 saturated heterocycles. The molecule has 0 radical (unpaired) electrons. The molecule has 1 fully saturated rings. The minimum atomic E-state index is -0.142. The number of carbonyl (C=O) groups excluding carboxylic acids is 1. The summed E-state index contributed by atoms with van der Waals surface area (Å²) in [6, 6.07) is 5.67. The molecule has 0 saturated carbocycles. The maximum absolute atomic E-state index is 12.2. The number of methoxy groups -OCH3 is 2. The predicted molar refractivity (Wildman–Crippen MR) is 102 cm³/mol. The van der Waals surface area contributed by atoms with E-state index in [0.717, 1.165) is 37.9 Å². The molecule has 6 heteroatoms. The standard InChI is InChI=1S/C20H30N2O4/c1-4-5-16-6-7-17(18(12-16)25-3)26-13-19(23)22-14-20(15-24-2)8-10-21-11-9-20/h4,6-7,12,21H,1,5,8-11,13-15H2,2-3H3,(H,22,23). The summed E-state index contributed by atoms with van der Waals surface area (Å²) < 4.78 is 16.4. The molecular formula is C20H30N2O4. The lowest BCUT2D eigenvalue weighted by atomic mass is 9.79. The molecule has 0 aromatic heterocycles. The number of benzene rings is 1. The van der Waals surface area contributed by atoms with E-state index in [2.05, 4.69) is 17.2 Å². The minimum Gasteiger partial charge on any atom is -0.493 e. The Labute approximate surface area is 155 Å². The molecule has 1 aliphatic heterocycles. The van der Waals surface area contributed by atoms with Crippen LogP contribution in [0.1, 0.15) is 18.4 Å². The topological polar surface area (TPSA) is 68.8 Å². The largest absolute Gasteiger partial charge is 0.493 e. The molecule has 144 valence electrons. The average Bonchev–Trinajstić information content (AvgIpc) is 2.66. The van der Waals surface area contributed by atoms with E-state index in [1.807, 2.05) is 24.3 Å². The number of amides is 1. The number of hydrogen-bond donors (Lipinski definition) is 2. The molecule has 0 atom stereocenters. The second-order valence-electron chi connectivity index (χ2n) is 6.73. The molecule has 1 amide bonds. The van der Waals surface area contributed by atoms with E-state index >= 15 is 0 Å². The lowest BCUT2D eigenvalue weighted by molar-refractivity contribution is -0.124. The van der Waals surface area contributed by atoms with Crippen LogP contribution in [-0.4, -0.2) is 53.0 Å². The SMILES string of the molecule is C=CCc1ccc(OCC(=O)NCC2(COC)CCNCC2)c(OC)c1. The summed E-state index contributed by atoms with van der Waals surface area (Å²) in [5.41, 5.74) is 1.08. The molecule has 0 unspecified atom stereocenters. The van der Waals surface area contributed by atoms with Gasteiger partial charge in [-0.3, -0.25) is 4.79 Å². The smallest absolute Gasteiger partial charge is 0.257 e. The molecule has 1 heterocycles. The summed E-state index contributed by atoms with van der Waals surface area (Å²) in [7, 11) is 3.29. The Morgan fingerprint density at radius 3 is 2.73 bits per heavy atom. The van der Waals surface area contributed by atoms with Crippen LogP contribution < -0.4 is 20.1 Å². The molecule has 2 rings (SSSR count). The van der Waals surface area contributed by atoms with Gasteiger partial charge in [-0.1, -0.05) is 12.1 Å². The van der Waals surface area contributed by atoms with Crippen LogP contribution in [0.25, 0.3) is 0 Å². The van der Waals surface area contributed by atoms with Crippen LogP contribution in [0.3, 0.4) is 0 Å². The summed E-state index contributed by atoms with van der Waals surface area (Å²) in [4.78, 5) is 12.2. The van der Waals surface area contributed by atoms with Gasteiger partial charge in [0.2, 0.25) is 0 Å². The Bertz CT molecular complexity index is 592. The lowest BCUT2D eigenvalue weighted by Crippen LogP contribution is -2.47. The van der Waals surface area contributed by atoms with Crippen LogP contribution in [0.2, 0.25) is 0 Å². The average molecular weight is 362 g/mol. The van der Waals surface area contributed by atoms with Crippen molar-refractivity contribution in [3.8, 4) is 11.5 Å². The van der Waals surface area contributed by atoms with Gasteiger partial charge in [0.1, 0.15) is 0 Å². The highest BCUT2D eigenvalue weighted by Gasteiger charge is 2.32. The van der Waals surface area contributed by atoms with Gasteiger partial charge in [-0.05, 0) is 50.0 Å². The van der Waals surface area contributed by atoms with Gasteiger partial charge in [0.25, 0.3) is 5.91 Å². The van der Waals surface area contributed by atoms with Crippen molar-refractivity contribution in [3.63, 3.8) is 0 Å². The highest BCUT2D eigenvalue weighted by Crippen LogP contribution is 2.29. The van der Waals surface area contributed by atoms with Gasteiger partial charge < -0.3 is 24.8 Å². The number of piperidine rings is 1. The Kier molecular flexibility index (Phi) is 7.94. The predicted octanol–water partition coefficient (Wildman–Crippen LogP) is 1.93. The fourth-order valence-corrected chi connectivity index (χ4v) is 3.24. The van der Waals surface area contributed by atoms with Crippen LogP contribution in [0.15, 0.2) is 30.9 Å². The monoisotopic (exact) mass is 362 g/mol. The first-order chi connectivity index (χ1) is 12.6. The summed E-state index contributed by atoms with van der Waals surface area (Å²) >= 11 is 0. The van der Waals surface area contributed by atoms with Gasteiger partial charge >= 0.3 is 0 Å². The summed E-state index contributed by atoms with van der Waals surface area (Å²) in [6.07, 6.45) is 4.56. The van der Waals surface area contributed by atoms with E-state index in [4.69, 9.17) is 14.2 Å². The molecule has 0 spiro atoms. The second-order valence-corrected chi connectivity index (χ2v) is 6.73. The Hall–Kier alpha value is -2.05. The van der Waals surface area contributed by atoms with E-state index in [1.165, 1.54) is 0 Å². The molecule has 1 aromatic rings. The van der Waals surface area contributed by atoms with Crippen molar-refractivity contribution in [2.75, 3.05) is 47.1 Å². The van der Waals surface area contributed by atoms with Gasteiger partial charge in [0, 0.05) is 19.1 Å². The third kappa shape index (κ3) is 5.75. The first kappa shape index (κ1) is 20.3. The maximum Gasteiger partial charge on any atom is 0.257 e. The zero-order valence-corrected chi connectivity index (χ0v) is 15.8. The maximum atomic E-state index is 12.2. The minimum absolute atomic E-state index is 0.000311. The quantitative estimate of drug-likeness (QED) is 0.623. The van der Waals surface area contributed by atoms with Crippen molar-refractivity contribution in [2.45, 2.75) is 19.3 Å². The molecule has 2 N–H and O–H groups in total. The first-order valence-corrected chi connectivity index (χ1v) is 8.99. The van der Waals surface area contributed by atoms with Crippen molar-refractivity contribution in [1.82, 2.24) is 10.6 Å². The van der Waals surface area contributed by atoms with Crippen molar-refractivity contribution in [1.29, 1.82) is 0 Å². The Morgan fingerprint density at radius 2 is 2.08 bits per heavy atom. The van der Waals surface area contributed by atoms with E-state index in [1.54, 1.807) is 14.2 Å². The van der Waals surface area contributed by atoms with E-state index < -0.39 is 0 Å². The van der Waals surface area contributed by atoms with Gasteiger partial charge in [-0.25, -0.2) is 0 Å². The molecule has 6 nitrogen and oxygen atoms in total. The fraction of sp³-hybridized carbons (Fsp3) is 0.550. The van der Waals surface area contributed by atoms with Crippen molar-refractivity contribution >= 4 is 5.91 Å². The molecule has 26 heavy (non-hydrogen) atoms. The van der Waals surface area contributed by atoms with Gasteiger partial charge in [-0.2, -0.15) is 0 Å². The first-order valence-electron chi connectivity index (χ1n) is 8.99. The molecule has 1 aromatic carbocycles. The molecule has 0 aliphatic carbocycles. The van der Waals surface area contributed by atoms with Crippen LogP contribution in [-0.2, 0) is 16.0 Å². The van der Waals surface area contributed by atoms with Crippen LogP contribution in [0.5, 0.6) is 11.5 Å². The number of rotatable bonds is 10. The summed E-state index contributed by atoms with van der Waals surface area (Å²) in [6.45, 7) is 6.83. The third-order valence-corrected chi connectivity index (χ3v) is 4.74. The number of ether oxygens (including phenoxy) is 3. The van der Waals surface area contributed by atoms with Crippen molar-refractivity contribution in [2.24, 2.45) is 5.41 Å². The lowest BCUT2D eigenvalue weighted by Gasteiger charge is -2.37. The number of hydrogen-bond acceptors (Lipinski definition) is 5. The summed E-state index contributed by atoms with van der Waals surface area (Å²) in [5, 5.41) is 6.34. The van der Waals surface area contributed by atoms with Gasteiger partial charge in [0.05, 0.1) is 13.7 Å². The van der Waals surface area contributed by atoms with E-state index in [-0.39, 0.29) is 17.9 Å². The van der Waals surface area contributed by atoms with Crippen LogP contribution in [0, 0.1) is 5.41 Å². The highest BCUT2D eigenvalue weighted by atomic mass is 16.5. The Morgan fingerprint density at radius 1 is 1.31 bits per heavy atom. The molecular weight excluding hydrogens is 332 g/mol. The summed E-state index contributed by atoms with van der Waals surface area (Å²) in [5.74, 6) is 1.03. The van der Waals surface area contributed by atoms with Crippen LogP contribution in [0.4, 0.5) is 0 Å². The molecule has 1 aliphatic rings. The van der Waals surface area contributed by atoms with Crippen molar-refractivity contribution < 1.29 is 19.0 Å². The molecule has 0 bridgehead atoms. The number of allylic oxidation sites excluding steroid dienone is 1. The number of nitrogens with one attached hydrogen (secondary N) is 2. The fourth-order valence-electron chi connectivity index (χ4n) is 3.24. The normalized spacial score (nSPS) is 15.9. The second kappa shape index (κ2) is 10.2. The van der Waals surface area contributed by atoms with Gasteiger partial charge in [0.15, 0.2) is 18.1 Å². The zero-order valence-electron chi connectivity index (χ0n) is 15.8. The third-order valence-electron chi connectivity index (χ3n) is 4.74.